The molecule has 1 heterocycles. The SMILES string of the molecule is BrP1(Br)(Br)CC1. The Bertz CT molecular complexity index is 72.5. The summed E-state index contributed by atoms with van der Waals surface area (Å²) in [5.41, 5.74) is 0. The van der Waals surface area contributed by atoms with Gasteiger partial charge in [0.15, 0.2) is 0 Å². The molecule has 0 atom stereocenters. The zero-order chi connectivity index (χ0) is 4.86. The molecule has 0 aliphatic carbocycles. The summed E-state index contributed by atoms with van der Waals surface area (Å²) < 4.78 is -1.36. The Kier molecular flexibility index (Phi) is 1.23. The van der Waals surface area contributed by atoms with Gasteiger partial charge in [-0.3, -0.25) is 0 Å². The third kappa shape index (κ3) is 1.77. The van der Waals surface area contributed by atoms with E-state index in [4.69, 9.17) is 0 Å². The van der Waals surface area contributed by atoms with E-state index in [2.05, 4.69) is 46.5 Å². The summed E-state index contributed by atoms with van der Waals surface area (Å²) >= 11 is 10.7. The fourth-order valence-corrected chi connectivity index (χ4v) is 5.30. The van der Waals surface area contributed by atoms with Crippen molar-refractivity contribution in [3.05, 3.63) is 0 Å². The van der Waals surface area contributed by atoms with Crippen LogP contribution in [0.3, 0.4) is 0 Å². The number of hydrogen-bond donors (Lipinski definition) is 0. The van der Waals surface area contributed by atoms with Gasteiger partial charge >= 0.3 is 61.5 Å². The Balaban J connectivity index is 2.67. The van der Waals surface area contributed by atoms with E-state index in [1.807, 2.05) is 0 Å². The molecule has 0 amide bonds. The Morgan fingerprint density at radius 3 is 1.17 bits per heavy atom. The second kappa shape index (κ2) is 1.23. The van der Waals surface area contributed by atoms with Crippen LogP contribution in [0, 0.1) is 0 Å². The van der Waals surface area contributed by atoms with Gasteiger partial charge in [0.1, 0.15) is 0 Å². The van der Waals surface area contributed by atoms with Crippen LogP contribution in [-0.2, 0) is 0 Å². The molecule has 0 aromatic rings. The van der Waals surface area contributed by atoms with Crippen molar-refractivity contribution >= 4 is 49.2 Å². The van der Waals surface area contributed by atoms with Crippen molar-refractivity contribution in [2.75, 3.05) is 12.3 Å². The molecule has 1 aliphatic heterocycles. The van der Waals surface area contributed by atoms with Crippen LogP contribution in [0.1, 0.15) is 0 Å². The van der Waals surface area contributed by atoms with Crippen molar-refractivity contribution in [2.45, 2.75) is 0 Å². The molecule has 0 aromatic carbocycles. The minimum atomic E-state index is -1.36. The summed E-state index contributed by atoms with van der Waals surface area (Å²) in [4.78, 5) is 0. The van der Waals surface area contributed by atoms with Gasteiger partial charge in [-0.2, -0.15) is 0 Å². The molecule has 0 nitrogen and oxygen atoms in total. The first-order valence-corrected chi connectivity index (χ1v) is 10.3. The summed E-state index contributed by atoms with van der Waals surface area (Å²) in [5, 5.41) is 0. The first-order valence-electron chi connectivity index (χ1n) is 1.64. The van der Waals surface area contributed by atoms with Gasteiger partial charge in [-0.25, -0.2) is 0 Å². The first kappa shape index (κ1) is 6.00. The summed E-state index contributed by atoms with van der Waals surface area (Å²) in [5.74, 6) is 0. The fraction of sp³-hybridized carbons (Fsp3) is 1.00. The van der Waals surface area contributed by atoms with Gasteiger partial charge in [0.2, 0.25) is 0 Å². The molecule has 0 saturated carbocycles. The molecule has 6 heavy (non-hydrogen) atoms. The predicted octanol–water partition coefficient (Wildman–Crippen LogP) is 3.48. The van der Waals surface area contributed by atoms with E-state index in [9.17, 15) is 0 Å². The molecule has 0 unspecified atom stereocenters. The van der Waals surface area contributed by atoms with E-state index in [1.165, 1.54) is 12.3 Å². The summed E-state index contributed by atoms with van der Waals surface area (Å²) in [7, 11) is 0. The van der Waals surface area contributed by atoms with Crippen molar-refractivity contribution in [3.8, 4) is 0 Å². The van der Waals surface area contributed by atoms with E-state index < -0.39 is 2.71 Å². The Labute approximate surface area is 61.2 Å². The maximum absolute atomic E-state index is 3.55. The predicted molar refractivity (Wildman–Crippen MR) is 43.4 cm³/mol. The van der Waals surface area contributed by atoms with Crippen molar-refractivity contribution in [1.82, 2.24) is 0 Å². The molecular formula is C2H4Br3P. The van der Waals surface area contributed by atoms with E-state index in [0.29, 0.717) is 0 Å². The molecule has 0 spiro atoms. The first-order chi connectivity index (χ1) is 2.47. The standard InChI is InChI=1S/C2H4Br3P/c3-6(4,5)1-2-6/h1-2H2. The van der Waals surface area contributed by atoms with E-state index >= 15 is 0 Å². The number of halogens is 3. The normalized spacial score (nSPS) is 42.8. The third-order valence-corrected chi connectivity index (χ3v) is 8.58. The van der Waals surface area contributed by atoms with Crippen LogP contribution in [0.5, 0.6) is 0 Å². The molecule has 0 radical (unpaired) electrons. The topological polar surface area (TPSA) is 0 Å². The van der Waals surface area contributed by atoms with Crippen LogP contribution < -0.4 is 0 Å². The third-order valence-electron chi connectivity index (χ3n) is 0.731. The average Bonchev–Trinajstić information content (AvgIpc) is 1.73. The fourth-order valence-electron chi connectivity index (χ4n) is 0.113. The maximum atomic E-state index is 3.55. The zero-order valence-electron chi connectivity index (χ0n) is 3.00. The van der Waals surface area contributed by atoms with E-state index in [-0.39, 0.29) is 0 Å². The van der Waals surface area contributed by atoms with Crippen molar-refractivity contribution < 1.29 is 0 Å². The second-order valence-corrected chi connectivity index (χ2v) is 28.7. The molecule has 4 heteroatoms. The molecule has 1 fully saturated rings. The molecule has 0 aromatic heterocycles. The van der Waals surface area contributed by atoms with Crippen LogP contribution in [0.25, 0.3) is 0 Å². The van der Waals surface area contributed by atoms with Crippen molar-refractivity contribution in [3.63, 3.8) is 0 Å². The molecule has 0 bridgehead atoms. The minimum absolute atomic E-state index is 1.30. The van der Waals surface area contributed by atoms with Gasteiger partial charge in [0, 0.05) is 0 Å². The molecule has 1 rings (SSSR count). The zero-order valence-corrected chi connectivity index (χ0v) is 8.65. The number of rotatable bonds is 0. The van der Waals surface area contributed by atoms with Crippen LogP contribution >= 0.6 is 49.2 Å². The molecular weight excluding hydrogens is 295 g/mol. The average molecular weight is 299 g/mol. The molecule has 1 saturated heterocycles. The van der Waals surface area contributed by atoms with Gasteiger partial charge in [-0.1, -0.05) is 0 Å². The molecule has 1 aliphatic rings. The van der Waals surface area contributed by atoms with Gasteiger partial charge in [0.05, 0.1) is 0 Å². The summed E-state index contributed by atoms with van der Waals surface area (Å²) in [6, 6.07) is 0. The molecule has 0 N–H and O–H groups in total. The monoisotopic (exact) mass is 296 g/mol. The Morgan fingerprint density at radius 1 is 1.00 bits per heavy atom. The van der Waals surface area contributed by atoms with Crippen LogP contribution in [0.4, 0.5) is 0 Å². The van der Waals surface area contributed by atoms with Crippen LogP contribution in [-0.4, -0.2) is 12.3 Å². The quantitative estimate of drug-likeness (QED) is 0.601. The molecule has 38 valence electrons. The number of hydrogen-bond acceptors (Lipinski definition) is 0. The van der Waals surface area contributed by atoms with Crippen molar-refractivity contribution in [1.29, 1.82) is 0 Å². The summed E-state index contributed by atoms with van der Waals surface area (Å²) in [6.45, 7) is 0. The second-order valence-electron chi connectivity index (χ2n) is 1.58. The Morgan fingerprint density at radius 2 is 1.17 bits per heavy atom. The van der Waals surface area contributed by atoms with Crippen molar-refractivity contribution in [2.24, 2.45) is 0 Å². The van der Waals surface area contributed by atoms with Crippen LogP contribution in [0.2, 0.25) is 0 Å². The van der Waals surface area contributed by atoms with E-state index in [0.717, 1.165) is 0 Å². The van der Waals surface area contributed by atoms with Gasteiger partial charge in [-0.15, -0.1) is 0 Å². The van der Waals surface area contributed by atoms with Gasteiger partial charge < -0.3 is 0 Å². The summed E-state index contributed by atoms with van der Waals surface area (Å²) in [6.07, 6.45) is 2.59. The Hall–Kier alpha value is 1.87. The van der Waals surface area contributed by atoms with Crippen LogP contribution in [0.15, 0.2) is 0 Å². The van der Waals surface area contributed by atoms with E-state index in [1.54, 1.807) is 0 Å². The van der Waals surface area contributed by atoms with Gasteiger partial charge in [0.25, 0.3) is 0 Å². The van der Waals surface area contributed by atoms with Gasteiger partial charge in [-0.05, 0) is 0 Å².